The van der Waals surface area contributed by atoms with Crippen LogP contribution in [0, 0.1) is 0 Å². The number of para-hydroxylation sites is 1. The Morgan fingerprint density at radius 3 is 2.75 bits per heavy atom. The first kappa shape index (κ1) is 18.4. The van der Waals surface area contributed by atoms with Gasteiger partial charge in [0, 0.05) is 18.1 Å². The van der Waals surface area contributed by atoms with E-state index < -0.39 is 29.8 Å². The number of fused-ring (bicyclic) bond motifs is 1. The second kappa shape index (κ2) is 7.55. The smallest absolute Gasteiger partial charge is 0.330 e. The number of esters is 1. The number of rotatable bonds is 5. The minimum Gasteiger partial charge on any atom is -0.466 e. The molecule has 1 aliphatic rings. The van der Waals surface area contributed by atoms with Gasteiger partial charge in [0.15, 0.2) is 12.4 Å². The van der Waals surface area contributed by atoms with Crippen molar-refractivity contribution in [1.29, 1.82) is 0 Å². The molecule has 1 fully saturated rings. The molecule has 0 radical (unpaired) electrons. The monoisotopic (exact) mass is 399 g/mol. The average molecular weight is 399 g/mol. The minimum atomic E-state index is -0.777. The summed E-state index contributed by atoms with van der Waals surface area (Å²) in [6.45, 7) is 0.943. The molecule has 28 heavy (non-hydrogen) atoms. The summed E-state index contributed by atoms with van der Waals surface area (Å²) in [5.41, 5.74) is 0.591. The van der Waals surface area contributed by atoms with Crippen molar-refractivity contribution in [3.63, 3.8) is 0 Å². The van der Waals surface area contributed by atoms with Crippen LogP contribution in [0.15, 0.2) is 57.6 Å². The van der Waals surface area contributed by atoms with E-state index in [0.29, 0.717) is 17.1 Å². The van der Waals surface area contributed by atoms with Crippen LogP contribution in [0.1, 0.15) is 28.6 Å². The van der Waals surface area contributed by atoms with Gasteiger partial charge in [0.05, 0.1) is 6.26 Å². The summed E-state index contributed by atoms with van der Waals surface area (Å²) in [4.78, 5) is 38.4. The second-order valence-electron chi connectivity index (χ2n) is 6.32. The van der Waals surface area contributed by atoms with Gasteiger partial charge in [0.25, 0.3) is 0 Å². The van der Waals surface area contributed by atoms with Gasteiger partial charge < -0.3 is 18.5 Å². The highest BCUT2D eigenvalue weighted by molar-refractivity contribution is 7.99. The molecule has 7 nitrogen and oxygen atoms in total. The number of amides is 1. The van der Waals surface area contributed by atoms with Crippen molar-refractivity contribution < 1.29 is 28.0 Å². The number of nitrogens with zero attached hydrogens (tertiary/aromatic N) is 1. The quantitative estimate of drug-likeness (QED) is 0.480. The molecule has 0 spiro atoms. The summed E-state index contributed by atoms with van der Waals surface area (Å²) in [7, 11) is 0. The summed E-state index contributed by atoms with van der Waals surface area (Å²) in [5, 5.41) is 0.407. The zero-order valence-electron chi connectivity index (χ0n) is 15.0. The Balaban J connectivity index is 1.42. The SMILES string of the molecule is CC(=O)N1[C@@H](c2ccco2)SC[C@H]1C(=O)OCC(=O)c1cc2ccccc2o1. The van der Waals surface area contributed by atoms with E-state index in [2.05, 4.69) is 0 Å². The van der Waals surface area contributed by atoms with E-state index in [4.69, 9.17) is 13.6 Å². The van der Waals surface area contributed by atoms with Crippen molar-refractivity contribution in [2.75, 3.05) is 12.4 Å². The van der Waals surface area contributed by atoms with Crippen LogP contribution in [0.25, 0.3) is 11.0 Å². The fourth-order valence-corrected chi connectivity index (χ4v) is 4.56. The number of furan rings is 2. The van der Waals surface area contributed by atoms with Crippen LogP contribution in [-0.4, -0.2) is 41.0 Å². The van der Waals surface area contributed by atoms with Crippen LogP contribution in [0.5, 0.6) is 0 Å². The lowest BCUT2D eigenvalue weighted by atomic mass is 10.2. The number of ether oxygens (including phenoxy) is 1. The van der Waals surface area contributed by atoms with Crippen molar-refractivity contribution in [3.8, 4) is 0 Å². The summed E-state index contributed by atoms with van der Waals surface area (Å²) in [6.07, 6.45) is 1.52. The number of hydrogen-bond acceptors (Lipinski definition) is 7. The van der Waals surface area contributed by atoms with E-state index in [0.717, 1.165) is 5.39 Å². The molecule has 4 rings (SSSR count). The Kier molecular flexibility index (Phi) is 4.95. The third kappa shape index (κ3) is 3.43. The van der Waals surface area contributed by atoms with Gasteiger partial charge in [-0.05, 0) is 24.3 Å². The van der Waals surface area contributed by atoms with Crippen molar-refractivity contribution in [1.82, 2.24) is 4.90 Å². The predicted molar refractivity (Wildman–Crippen MR) is 102 cm³/mol. The largest absolute Gasteiger partial charge is 0.466 e. The second-order valence-corrected chi connectivity index (χ2v) is 7.44. The van der Waals surface area contributed by atoms with Crippen LogP contribution in [-0.2, 0) is 14.3 Å². The number of Topliss-reactive ketones (excluding diaryl/α,β-unsaturated/α-hetero) is 1. The van der Waals surface area contributed by atoms with E-state index in [1.165, 1.54) is 29.8 Å². The zero-order chi connectivity index (χ0) is 19.7. The molecule has 0 aliphatic carbocycles. The molecule has 1 amide bonds. The summed E-state index contributed by atoms with van der Waals surface area (Å²) in [6, 6.07) is 11.6. The first-order valence-electron chi connectivity index (χ1n) is 8.67. The molecular formula is C20H17NO6S. The van der Waals surface area contributed by atoms with Crippen LogP contribution >= 0.6 is 11.8 Å². The Morgan fingerprint density at radius 2 is 2.04 bits per heavy atom. The van der Waals surface area contributed by atoms with Gasteiger partial charge in [-0.25, -0.2) is 4.79 Å². The van der Waals surface area contributed by atoms with Crippen molar-refractivity contribution >= 4 is 40.4 Å². The molecule has 0 N–H and O–H groups in total. The summed E-state index contributed by atoms with van der Waals surface area (Å²) < 4.78 is 16.1. The van der Waals surface area contributed by atoms with Crippen LogP contribution in [0.4, 0.5) is 0 Å². The Morgan fingerprint density at radius 1 is 1.21 bits per heavy atom. The molecule has 8 heteroatoms. The maximum atomic E-state index is 12.5. The van der Waals surface area contributed by atoms with Gasteiger partial charge in [0.2, 0.25) is 11.7 Å². The van der Waals surface area contributed by atoms with E-state index in [1.807, 2.05) is 18.2 Å². The first-order valence-corrected chi connectivity index (χ1v) is 9.72. The molecule has 2 aromatic heterocycles. The fourth-order valence-electron chi connectivity index (χ4n) is 3.15. The maximum Gasteiger partial charge on any atom is 0.330 e. The number of ketones is 1. The minimum absolute atomic E-state index is 0.131. The lowest BCUT2D eigenvalue weighted by Crippen LogP contribution is -2.43. The number of thioether (sulfide) groups is 1. The highest BCUT2D eigenvalue weighted by Gasteiger charge is 2.43. The van der Waals surface area contributed by atoms with Crippen LogP contribution in [0.2, 0.25) is 0 Å². The third-order valence-corrected chi connectivity index (χ3v) is 5.75. The topological polar surface area (TPSA) is 90.0 Å². The molecule has 1 saturated heterocycles. The summed E-state index contributed by atoms with van der Waals surface area (Å²) >= 11 is 1.41. The number of benzene rings is 1. The molecule has 0 bridgehead atoms. The Bertz CT molecular complexity index is 991. The van der Waals surface area contributed by atoms with Gasteiger partial charge in [-0.15, -0.1) is 11.8 Å². The molecule has 3 aromatic rings. The van der Waals surface area contributed by atoms with Gasteiger partial charge in [0.1, 0.15) is 22.8 Å². The predicted octanol–water partition coefficient (Wildman–Crippen LogP) is 3.41. The molecule has 3 heterocycles. The normalized spacial score (nSPS) is 19.1. The molecular weight excluding hydrogens is 382 g/mol. The van der Waals surface area contributed by atoms with Crippen LogP contribution < -0.4 is 0 Å². The van der Waals surface area contributed by atoms with E-state index in [-0.39, 0.29) is 11.7 Å². The lowest BCUT2D eigenvalue weighted by molar-refractivity contribution is -0.152. The van der Waals surface area contributed by atoms with Crippen LogP contribution in [0.3, 0.4) is 0 Å². The van der Waals surface area contributed by atoms with Gasteiger partial charge in [-0.1, -0.05) is 18.2 Å². The highest BCUT2D eigenvalue weighted by Crippen LogP contribution is 2.41. The fraction of sp³-hybridized carbons (Fsp3) is 0.250. The van der Waals surface area contributed by atoms with Crippen molar-refractivity contribution in [3.05, 3.63) is 60.2 Å². The number of carbonyl (C=O) groups is 3. The molecule has 144 valence electrons. The number of hydrogen-bond donors (Lipinski definition) is 0. The van der Waals surface area contributed by atoms with E-state index >= 15 is 0 Å². The van der Waals surface area contributed by atoms with Crippen molar-refractivity contribution in [2.24, 2.45) is 0 Å². The standard InChI is InChI=1S/C20H17NO6S/c1-12(22)21-14(11-28-19(21)17-7-4-8-25-17)20(24)26-10-15(23)18-9-13-5-2-3-6-16(13)27-18/h2-9,14,19H,10-11H2,1H3/t14-,19+/m0/s1. The molecule has 0 unspecified atom stereocenters. The molecule has 1 aliphatic heterocycles. The van der Waals surface area contributed by atoms with Gasteiger partial charge in [-0.2, -0.15) is 0 Å². The van der Waals surface area contributed by atoms with E-state index in [9.17, 15) is 14.4 Å². The molecule has 1 aromatic carbocycles. The Labute approximate surface area is 164 Å². The third-order valence-electron chi connectivity index (χ3n) is 4.47. The molecule has 2 atom stereocenters. The van der Waals surface area contributed by atoms with Gasteiger partial charge >= 0.3 is 5.97 Å². The highest BCUT2D eigenvalue weighted by atomic mass is 32.2. The number of carbonyl (C=O) groups excluding carboxylic acids is 3. The summed E-state index contributed by atoms with van der Waals surface area (Å²) in [5.74, 6) is -0.242. The average Bonchev–Trinajstić information content (AvgIpc) is 3.43. The van der Waals surface area contributed by atoms with E-state index in [1.54, 1.807) is 24.3 Å². The Hall–Kier alpha value is -3.00. The first-order chi connectivity index (χ1) is 13.5. The molecule has 0 saturated carbocycles. The van der Waals surface area contributed by atoms with Crippen molar-refractivity contribution in [2.45, 2.75) is 18.3 Å². The lowest BCUT2D eigenvalue weighted by Gasteiger charge is -2.25. The maximum absolute atomic E-state index is 12.5. The van der Waals surface area contributed by atoms with Gasteiger partial charge in [-0.3, -0.25) is 9.59 Å². The zero-order valence-corrected chi connectivity index (χ0v) is 15.8.